The average molecular weight is 302 g/mol. The van der Waals surface area contributed by atoms with Gasteiger partial charge in [0, 0.05) is 17.6 Å². The smallest absolute Gasteiger partial charge is 0.0802 e. The van der Waals surface area contributed by atoms with E-state index in [4.69, 9.17) is 5.11 Å². The lowest BCUT2D eigenvalue weighted by atomic mass is 10.0. The van der Waals surface area contributed by atoms with Gasteiger partial charge in [-0.25, -0.2) is 0 Å². The fourth-order valence-corrected chi connectivity index (χ4v) is 1.91. The first-order valence-electron chi connectivity index (χ1n) is 5.78. The van der Waals surface area contributed by atoms with E-state index in [0.717, 1.165) is 22.1 Å². The highest BCUT2D eigenvalue weighted by atomic mass is 79.9. The van der Waals surface area contributed by atoms with Crippen molar-refractivity contribution in [2.45, 2.75) is 19.4 Å². The first kappa shape index (κ1) is 14.6. The molecule has 0 spiro atoms. The van der Waals surface area contributed by atoms with E-state index in [0.29, 0.717) is 13.0 Å². The van der Waals surface area contributed by atoms with Crippen LogP contribution in [-0.2, 0) is 0 Å². The molecule has 0 fully saturated rings. The van der Waals surface area contributed by atoms with Crippen LogP contribution in [-0.4, -0.2) is 41.9 Å². The van der Waals surface area contributed by atoms with Crippen LogP contribution in [0.25, 0.3) is 0 Å². The third-order valence-corrected chi connectivity index (χ3v) is 3.72. The Morgan fingerprint density at radius 2 is 2.06 bits per heavy atom. The van der Waals surface area contributed by atoms with Crippen molar-refractivity contribution in [2.75, 3.05) is 26.7 Å². The lowest BCUT2D eigenvalue weighted by molar-refractivity contribution is 0.141. The van der Waals surface area contributed by atoms with Gasteiger partial charge >= 0.3 is 0 Å². The van der Waals surface area contributed by atoms with Crippen LogP contribution in [0.2, 0.25) is 0 Å². The topological polar surface area (TPSA) is 43.7 Å². The van der Waals surface area contributed by atoms with E-state index in [-0.39, 0.29) is 6.61 Å². The molecule has 0 heterocycles. The average Bonchev–Trinajstić information content (AvgIpc) is 2.30. The standard InChI is InChI=1S/C13H20BrNO2/c1-10-9-11(3-4-12(10)14)13(17)5-6-15(2)7-8-16/h3-4,9,13,16-17H,5-8H2,1-2H3. The Bertz CT molecular complexity index is 357. The quantitative estimate of drug-likeness (QED) is 0.846. The molecule has 1 rings (SSSR count). The number of aliphatic hydroxyl groups is 2. The van der Waals surface area contributed by atoms with Gasteiger partial charge < -0.3 is 15.1 Å². The van der Waals surface area contributed by atoms with Crippen LogP contribution in [0.3, 0.4) is 0 Å². The fourth-order valence-electron chi connectivity index (χ4n) is 1.67. The van der Waals surface area contributed by atoms with Gasteiger partial charge in [-0.05, 0) is 37.6 Å². The summed E-state index contributed by atoms with van der Waals surface area (Å²) in [4.78, 5) is 2.01. The van der Waals surface area contributed by atoms with Crippen molar-refractivity contribution < 1.29 is 10.2 Å². The number of hydrogen-bond donors (Lipinski definition) is 2. The summed E-state index contributed by atoms with van der Waals surface area (Å²) in [6.45, 7) is 3.59. The Morgan fingerprint density at radius 1 is 1.35 bits per heavy atom. The van der Waals surface area contributed by atoms with E-state index in [1.165, 1.54) is 0 Å². The molecule has 0 saturated heterocycles. The minimum absolute atomic E-state index is 0.157. The molecule has 2 N–H and O–H groups in total. The van der Waals surface area contributed by atoms with E-state index >= 15 is 0 Å². The maximum atomic E-state index is 10.0. The van der Waals surface area contributed by atoms with E-state index in [1.54, 1.807) is 0 Å². The highest BCUT2D eigenvalue weighted by Crippen LogP contribution is 2.23. The molecule has 0 aliphatic carbocycles. The summed E-state index contributed by atoms with van der Waals surface area (Å²) in [5.41, 5.74) is 2.08. The molecular weight excluding hydrogens is 282 g/mol. The van der Waals surface area contributed by atoms with Crippen LogP contribution in [0.1, 0.15) is 23.7 Å². The molecule has 96 valence electrons. The summed E-state index contributed by atoms with van der Waals surface area (Å²) in [7, 11) is 1.94. The molecule has 0 aliphatic rings. The predicted octanol–water partition coefficient (Wildman–Crippen LogP) is 2.11. The maximum absolute atomic E-state index is 10.0. The zero-order chi connectivity index (χ0) is 12.8. The molecule has 1 aromatic carbocycles. The van der Waals surface area contributed by atoms with Crippen molar-refractivity contribution in [3.63, 3.8) is 0 Å². The van der Waals surface area contributed by atoms with Crippen molar-refractivity contribution in [1.82, 2.24) is 4.90 Å². The normalized spacial score (nSPS) is 13.1. The molecule has 0 amide bonds. The molecule has 4 heteroatoms. The van der Waals surface area contributed by atoms with Crippen molar-refractivity contribution in [2.24, 2.45) is 0 Å². The number of aliphatic hydroxyl groups excluding tert-OH is 2. The van der Waals surface area contributed by atoms with Crippen LogP contribution in [0.4, 0.5) is 0 Å². The minimum atomic E-state index is -0.442. The van der Waals surface area contributed by atoms with Gasteiger partial charge in [-0.15, -0.1) is 0 Å². The third kappa shape index (κ3) is 4.76. The molecule has 1 atom stereocenters. The highest BCUT2D eigenvalue weighted by molar-refractivity contribution is 9.10. The van der Waals surface area contributed by atoms with Crippen LogP contribution < -0.4 is 0 Å². The lowest BCUT2D eigenvalue weighted by Crippen LogP contribution is -2.24. The van der Waals surface area contributed by atoms with E-state index in [9.17, 15) is 5.11 Å². The Balaban J connectivity index is 2.52. The van der Waals surface area contributed by atoms with Crippen LogP contribution >= 0.6 is 15.9 Å². The second-order valence-electron chi connectivity index (χ2n) is 4.34. The summed E-state index contributed by atoms with van der Waals surface area (Å²) < 4.78 is 1.06. The number of aryl methyl sites for hydroxylation is 1. The van der Waals surface area contributed by atoms with Crippen molar-refractivity contribution in [1.29, 1.82) is 0 Å². The van der Waals surface area contributed by atoms with Crippen LogP contribution in [0, 0.1) is 6.92 Å². The molecule has 0 aliphatic heterocycles. The molecule has 3 nitrogen and oxygen atoms in total. The molecule has 1 aromatic rings. The van der Waals surface area contributed by atoms with Gasteiger partial charge in [-0.3, -0.25) is 0 Å². The number of halogens is 1. The zero-order valence-corrected chi connectivity index (χ0v) is 11.9. The van der Waals surface area contributed by atoms with Gasteiger partial charge in [0.15, 0.2) is 0 Å². The van der Waals surface area contributed by atoms with E-state index in [2.05, 4.69) is 15.9 Å². The van der Waals surface area contributed by atoms with Crippen LogP contribution in [0.15, 0.2) is 22.7 Å². The summed E-state index contributed by atoms with van der Waals surface area (Å²) >= 11 is 3.44. The Morgan fingerprint density at radius 3 is 2.65 bits per heavy atom. The van der Waals surface area contributed by atoms with Gasteiger partial charge in [0.05, 0.1) is 12.7 Å². The molecular formula is C13H20BrNO2. The monoisotopic (exact) mass is 301 g/mol. The molecule has 0 saturated carbocycles. The van der Waals surface area contributed by atoms with Crippen molar-refractivity contribution in [3.05, 3.63) is 33.8 Å². The van der Waals surface area contributed by atoms with Gasteiger partial charge in [-0.2, -0.15) is 0 Å². The second kappa shape index (κ2) is 7.11. The first-order chi connectivity index (χ1) is 8.04. The number of likely N-dealkylation sites (N-methyl/N-ethyl adjacent to an activating group) is 1. The van der Waals surface area contributed by atoms with Crippen molar-refractivity contribution in [3.8, 4) is 0 Å². The second-order valence-corrected chi connectivity index (χ2v) is 5.19. The summed E-state index contributed by atoms with van der Waals surface area (Å²) in [6, 6.07) is 5.90. The van der Waals surface area contributed by atoms with Gasteiger partial charge in [0.25, 0.3) is 0 Å². The number of hydrogen-bond acceptors (Lipinski definition) is 3. The fraction of sp³-hybridized carbons (Fsp3) is 0.538. The summed E-state index contributed by atoms with van der Waals surface area (Å²) in [6.07, 6.45) is 0.236. The van der Waals surface area contributed by atoms with E-state index in [1.807, 2.05) is 37.1 Å². The molecule has 0 bridgehead atoms. The van der Waals surface area contributed by atoms with Gasteiger partial charge in [0.1, 0.15) is 0 Å². The maximum Gasteiger partial charge on any atom is 0.0802 e. The SMILES string of the molecule is Cc1cc(C(O)CCN(C)CCO)ccc1Br. The molecule has 17 heavy (non-hydrogen) atoms. The summed E-state index contributed by atoms with van der Waals surface area (Å²) in [5.74, 6) is 0. The van der Waals surface area contributed by atoms with Crippen molar-refractivity contribution >= 4 is 15.9 Å². The molecule has 0 aromatic heterocycles. The number of nitrogens with zero attached hydrogens (tertiary/aromatic N) is 1. The zero-order valence-electron chi connectivity index (χ0n) is 10.4. The first-order valence-corrected chi connectivity index (χ1v) is 6.57. The largest absolute Gasteiger partial charge is 0.395 e. The minimum Gasteiger partial charge on any atom is -0.395 e. The Hall–Kier alpha value is -0.420. The summed E-state index contributed by atoms with van der Waals surface area (Å²) in [5, 5.41) is 18.8. The van der Waals surface area contributed by atoms with Crippen LogP contribution in [0.5, 0.6) is 0 Å². The highest BCUT2D eigenvalue weighted by Gasteiger charge is 2.09. The lowest BCUT2D eigenvalue weighted by Gasteiger charge is -2.18. The number of rotatable bonds is 6. The molecule has 0 radical (unpaired) electrons. The predicted molar refractivity (Wildman–Crippen MR) is 73.0 cm³/mol. The van der Waals surface area contributed by atoms with E-state index < -0.39 is 6.10 Å². The Kier molecular flexibility index (Phi) is 6.12. The number of benzene rings is 1. The Labute approximate surface area is 111 Å². The third-order valence-electron chi connectivity index (χ3n) is 2.83. The molecule has 1 unspecified atom stereocenters. The van der Waals surface area contributed by atoms with Gasteiger partial charge in [0.2, 0.25) is 0 Å². The van der Waals surface area contributed by atoms with Gasteiger partial charge in [-0.1, -0.05) is 28.1 Å².